The van der Waals surface area contributed by atoms with Gasteiger partial charge in [0.25, 0.3) is 11.7 Å². The first kappa shape index (κ1) is 22.4. The van der Waals surface area contributed by atoms with Crippen LogP contribution in [0.5, 0.6) is 11.5 Å². The number of fused-ring (bicyclic) bond motifs is 1. The monoisotopic (exact) mass is 456 g/mol. The van der Waals surface area contributed by atoms with Gasteiger partial charge in [-0.2, -0.15) is 0 Å². The Labute approximate surface area is 191 Å². The van der Waals surface area contributed by atoms with Crippen molar-refractivity contribution in [2.24, 2.45) is 0 Å². The van der Waals surface area contributed by atoms with Crippen molar-refractivity contribution >= 4 is 28.8 Å². The zero-order chi connectivity index (χ0) is 22.7. The molecule has 2 aromatic rings. The Morgan fingerprint density at radius 3 is 2.59 bits per heavy atom. The Balaban J connectivity index is 1.68. The average Bonchev–Trinajstić information content (AvgIpc) is 3.43. The molecule has 2 aliphatic rings. The van der Waals surface area contributed by atoms with Gasteiger partial charge in [-0.15, -0.1) is 11.3 Å². The molecule has 2 aliphatic heterocycles. The molecule has 0 radical (unpaired) electrons. The van der Waals surface area contributed by atoms with Gasteiger partial charge < -0.3 is 24.4 Å². The molecule has 0 spiro atoms. The van der Waals surface area contributed by atoms with E-state index in [0.717, 1.165) is 30.9 Å². The number of amides is 1. The maximum absolute atomic E-state index is 13.1. The molecule has 1 amide bonds. The number of hydrogen-bond donors (Lipinski definition) is 1. The first-order chi connectivity index (χ1) is 15.5. The number of aliphatic hydroxyl groups is 1. The first-order valence-electron chi connectivity index (χ1n) is 11.0. The van der Waals surface area contributed by atoms with Crippen LogP contribution in [0.4, 0.5) is 0 Å². The molecule has 4 rings (SSSR count). The Morgan fingerprint density at radius 2 is 1.91 bits per heavy atom. The maximum Gasteiger partial charge on any atom is 0.295 e. The zero-order valence-electron chi connectivity index (χ0n) is 18.4. The highest BCUT2D eigenvalue weighted by atomic mass is 32.1. The predicted octanol–water partition coefficient (Wildman–Crippen LogP) is 3.67. The van der Waals surface area contributed by atoms with Crippen molar-refractivity contribution in [1.29, 1.82) is 0 Å². The van der Waals surface area contributed by atoms with Gasteiger partial charge in [-0.05, 0) is 55.7 Å². The molecule has 1 fully saturated rings. The number of likely N-dealkylation sites (tertiary alicyclic amines) is 1. The fourth-order valence-electron chi connectivity index (χ4n) is 4.20. The van der Waals surface area contributed by atoms with Crippen molar-refractivity contribution in [2.75, 3.05) is 39.4 Å². The first-order valence-corrected chi connectivity index (χ1v) is 11.9. The number of rotatable bonds is 8. The minimum atomic E-state index is -0.654. The minimum Gasteiger partial charge on any atom is -0.507 e. The van der Waals surface area contributed by atoms with E-state index in [2.05, 4.69) is 18.7 Å². The van der Waals surface area contributed by atoms with Crippen molar-refractivity contribution in [2.45, 2.75) is 26.3 Å². The van der Waals surface area contributed by atoms with E-state index in [4.69, 9.17) is 9.47 Å². The maximum atomic E-state index is 13.1. The largest absolute Gasteiger partial charge is 0.507 e. The third kappa shape index (κ3) is 4.25. The van der Waals surface area contributed by atoms with Gasteiger partial charge >= 0.3 is 0 Å². The van der Waals surface area contributed by atoms with Crippen LogP contribution >= 0.6 is 11.3 Å². The standard InChI is InChI=1S/C24H28N2O5S/c1-3-25(4-2)10-6-11-26-21(19-7-5-14-32-19)20(23(28)24(26)29)22(27)16-8-9-17-18(15-16)31-13-12-30-17/h5,7-9,14-15,21,27H,3-4,6,10-13H2,1-2H3/b22-20+/t21-/m1/s1. The van der Waals surface area contributed by atoms with Gasteiger partial charge in [0.2, 0.25) is 0 Å². The van der Waals surface area contributed by atoms with Crippen LogP contribution in [0.15, 0.2) is 41.3 Å². The quantitative estimate of drug-likeness (QED) is 0.371. The van der Waals surface area contributed by atoms with Gasteiger partial charge in [0, 0.05) is 17.0 Å². The summed E-state index contributed by atoms with van der Waals surface area (Å²) in [5, 5.41) is 13.1. The molecule has 32 heavy (non-hydrogen) atoms. The highest BCUT2D eigenvalue weighted by Gasteiger charge is 2.46. The van der Waals surface area contributed by atoms with Crippen LogP contribution in [0.3, 0.4) is 0 Å². The topological polar surface area (TPSA) is 79.3 Å². The van der Waals surface area contributed by atoms with E-state index >= 15 is 0 Å². The zero-order valence-corrected chi connectivity index (χ0v) is 19.2. The van der Waals surface area contributed by atoms with Gasteiger partial charge in [0.1, 0.15) is 19.0 Å². The number of benzene rings is 1. The molecule has 0 bridgehead atoms. The van der Waals surface area contributed by atoms with Gasteiger partial charge in [0.15, 0.2) is 11.5 Å². The van der Waals surface area contributed by atoms with Crippen LogP contribution in [0.1, 0.15) is 36.8 Å². The van der Waals surface area contributed by atoms with Gasteiger partial charge in [-0.25, -0.2) is 0 Å². The fourth-order valence-corrected chi connectivity index (χ4v) is 5.05. The number of carbonyl (C=O) groups excluding carboxylic acids is 2. The molecule has 0 saturated carbocycles. The second kappa shape index (κ2) is 9.75. The van der Waals surface area contributed by atoms with Crippen molar-refractivity contribution < 1.29 is 24.2 Å². The van der Waals surface area contributed by atoms with E-state index in [1.54, 1.807) is 23.1 Å². The number of aliphatic hydroxyl groups excluding tert-OH is 1. The molecule has 170 valence electrons. The number of ketones is 1. The number of nitrogens with zero attached hydrogens (tertiary/aromatic N) is 2. The lowest BCUT2D eigenvalue weighted by Gasteiger charge is -2.26. The average molecular weight is 457 g/mol. The summed E-state index contributed by atoms with van der Waals surface area (Å²) >= 11 is 1.47. The summed E-state index contributed by atoms with van der Waals surface area (Å²) in [5.41, 5.74) is 0.550. The molecule has 3 heterocycles. The number of carbonyl (C=O) groups is 2. The summed E-state index contributed by atoms with van der Waals surface area (Å²) in [6, 6.07) is 8.24. The summed E-state index contributed by atoms with van der Waals surface area (Å²) in [6.07, 6.45) is 0.751. The number of ether oxygens (including phenoxy) is 2. The molecule has 7 nitrogen and oxygen atoms in total. The lowest BCUT2D eigenvalue weighted by Crippen LogP contribution is -2.33. The lowest BCUT2D eigenvalue weighted by atomic mass is 9.99. The van der Waals surface area contributed by atoms with Crippen LogP contribution in [0.25, 0.3) is 5.76 Å². The van der Waals surface area contributed by atoms with Gasteiger partial charge in [0.05, 0.1) is 11.6 Å². The second-order valence-electron chi connectivity index (χ2n) is 7.75. The van der Waals surface area contributed by atoms with Gasteiger partial charge in [-0.1, -0.05) is 19.9 Å². The molecule has 1 atom stereocenters. The lowest BCUT2D eigenvalue weighted by molar-refractivity contribution is -0.139. The highest BCUT2D eigenvalue weighted by Crippen LogP contribution is 2.42. The third-order valence-corrected chi connectivity index (χ3v) is 6.86. The van der Waals surface area contributed by atoms with E-state index in [1.165, 1.54) is 11.3 Å². The van der Waals surface area contributed by atoms with Crippen LogP contribution in [-0.2, 0) is 9.59 Å². The molecule has 0 aliphatic carbocycles. The fraction of sp³-hybridized carbons (Fsp3) is 0.417. The molecular weight excluding hydrogens is 428 g/mol. The molecule has 1 aromatic carbocycles. The van der Waals surface area contributed by atoms with Crippen LogP contribution < -0.4 is 9.47 Å². The molecule has 0 unspecified atom stereocenters. The third-order valence-electron chi connectivity index (χ3n) is 5.94. The Hall–Kier alpha value is -2.84. The van der Waals surface area contributed by atoms with Crippen LogP contribution in [-0.4, -0.2) is 66.0 Å². The summed E-state index contributed by atoms with van der Waals surface area (Å²) in [7, 11) is 0. The van der Waals surface area contributed by atoms with E-state index in [9.17, 15) is 14.7 Å². The van der Waals surface area contributed by atoms with Crippen molar-refractivity contribution in [3.05, 3.63) is 51.7 Å². The van der Waals surface area contributed by atoms with Crippen molar-refractivity contribution in [1.82, 2.24) is 9.80 Å². The van der Waals surface area contributed by atoms with Crippen LogP contribution in [0, 0.1) is 0 Å². The summed E-state index contributed by atoms with van der Waals surface area (Å²) in [5.74, 6) is -0.300. The number of hydrogen-bond acceptors (Lipinski definition) is 7. The van der Waals surface area contributed by atoms with Crippen LogP contribution in [0.2, 0.25) is 0 Å². The SMILES string of the molecule is CCN(CC)CCCN1C(=O)C(=O)/C(=C(/O)c2ccc3c(c2)OCCO3)[C@H]1c1cccs1. The smallest absolute Gasteiger partial charge is 0.295 e. The Morgan fingerprint density at radius 1 is 1.16 bits per heavy atom. The summed E-state index contributed by atoms with van der Waals surface area (Å²) in [6.45, 7) is 8.26. The summed E-state index contributed by atoms with van der Waals surface area (Å²) in [4.78, 5) is 30.8. The second-order valence-corrected chi connectivity index (χ2v) is 8.73. The van der Waals surface area contributed by atoms with Crippen molar-refractivity contribution in [3.63, 3.8) is 0 Å². The van der Waals surface area contributed by atoms with E-state index in [0.29, 0.717) is 36.8 Å². The predicted molar refractivity (Wildman–Crippen MR) is 123 cm³/mol. The van der Waals surface area contributed by atoms with Gasteiger partial charge in [-0.3, -0.25) is 9.59 Å². The summed E-state index contributed by atoms with van der Waals surface area (Å²) < 4.78 is 11.2. The normalized spacial score (nSPS) is 19.7. The number of thiophene rings is 1. The number of Topliss-reactive ketones (excluding diaryl/α,β-unsaturated/α-hetero) is 1. The molecular formula is C24H28N2O5S. The molecule has 1 saturated heterocycles. The Bertz CT molecular complexity index is 1010. The Kier molecular flexibility index (Phi) is 6.81. The molecule has 1 aromatic heterocycles. The van der Waals surface area contributed by atoms with E-state index in [1.807, 2.05) is 17.5 Å². The highest BCUT2D eigenvalue weighted by molar-refractivity contribution is 7.10. The minimum absolute atomic E-state index is 0.122. The molecule has 8 heteroatoms. The van der Waals surface area contributed by atoms with Crippen molar-refractivity contribution in [3.8, 4) is 11.5 Å². The molecule has 1 N–H and O–H groups in total. The van der Waals surface area contributed by atoms with E-state index < -0.39 is 17.7 Å². The van der Waals surface area contributed by atoms with E-state index in [-0.39, 0.29) is 11.3 Å².